The van der Waals surface area contributed by atoms with Crippen molar-refractivity contribution in [3.8, 4) is 0 Å². The molecule has 0 aromatic heterocycles. The number of carboxylic acid groups (broad SMARTS) is 1. The van der Waals surface area contributed by atoms with E-state index >= 15 is 0 Å². The third-order valence-electron chi connectivity index (χ3n) is 8.81. The van der Waals surface area contributed by atoms with Gasteiger partial charge < -0.3 is 9.84 Å². The molecule has 250 valence electrons. The van der Waals surface area contributed by atoms with Gasteiger partial charge in [-0.1, -0.05) is 194 Å². The molecule has 0 fully saturated rings. The smallest absolute Gasteiger partial charge is 0.307 e. The normalized spacial score (nSPS) is 12.0. The molecule has 0 aliphatic rings. The van der Waals surface area contributed by atoms with Crippen LogP contribution in [0.4, 0.5) is 0 Å². The average Bonchev–Trinajstić information content (AvgIpc) is 2.96. The molecule has 1 unspecified atom stereocenters. The van der Waals surface area contributed by atoms with E-state index in [1.807, 2.05) is 0 Å². The van der Waals surface area contributed by atoms with Crippen LogP contribution in [0.1, 0.15) is 226 Å². The maximum Gasteiger partial charge on any atom is 0.307 e. The second-order valence-corrected chi connectivity index (χ2v) is 13.1. The molecule has 1 atom stereocenters. The molecule has 0 aliphatic carbocycles. The summed E-state index contributed by atoms with van der Waals surface area (Å²) in [7, 11) is 0. The fourth-order valence-electron chi connectivity index (χ4n) is 6.03. The van der Waals surface area contributed by atoms with Crippen molar-refractivity contribution in [1.82, 2.24) is 0 Å². The van der Waals surface area contributed by atoms with Gasteiger partial charge in [-0.05, 0) is 19.3 Å². The van der Waals surface area contributed by atoms with Gasteiger partial charge in [-0.2, -0.15) is 0 Å². The van der Waals surface area contributed by atoms with Crippen LogP contribution in [-0.2, 0) is 14.3 Å². The number of carboxylic acids is 1. The Bertz CT molecular complexity index is 561. The SMILES string of the molecule is CCCCCCCCCCCCCCCCCCCC(CC(=O)O)OC(=O)CCCCCCCCCCCCCCC. The van der Waals surface area contributed by atoms with Gasteiger partial charge in [0.1, 0.15) is 6.10 Å². The minimum atomic E-state index is -0.874. The van der Waals surface area contributed by atoms with Gasteiger partial charge >= 0.3 is 11.9 Å². The number of carbonyl (C=O) groups excluding carboxylic acids is 1. The molecule has 0 radical (unpaired) electrons. The molecule has 0 aliphatic heterocycles. The minimum Gasteiger partial charge on any atom is -0.481 e. The highest BCUT2D eigenvalue weighted by molar-refractivity contribution is 5.71. The fraction of sp³-hybridized carbons (Fsp3) is 0.947. The zero-order valence-electron chi connectivity index (χ0n) is 28.6. The van der Waals surface area contributed by atoms with Crippen LogP contribution in [0.2, 0.25) is 0 Å². The van der Waals surface area contributed by atoms with E-state index in [9.17, 15) is 14.7 Å². The molecule has 0 saturated carbocycles. The standard InChI is InChI=1S/C38H74O4/c1-3-5-7-9-11-13-15-17-18-19-20-22-23-25-27-29-31-33-36(35-37(39)40)42-38(41)34-32-30-28-26-24-21-16-14-12-10-8-6-4-2/h36H,3-35H2,1-2H3,(H,39,40). The highest BCUT2D eigenvalue weighted by Gasteiger charge is 2.17. The topological polar surface area (TPSA) is 63.6 Å². The van der Waals surface area contributed by atoms with Crippen molar-refractivity contribution in [1.29, 1.82) is 0 Å². The molecular formula is C38H74O4. The molecule has 0 spiro atoms. The van der Waals surface area contributed by atoms with Gasteiger partial charge in [-0.3, -0.25) is 9.59 Å². The molecule has 1 N–H and O–H groups in total. The van der Waals surface area contributed by atoms with E-state index in [1.165, 1.54) is 167 Å². The Labute approximate surface area is 262 Å². The average molecular weight is 595 g/mol. The van der Waals surface area contributed by atoms with Crippen LogP contribution in [0.5, 0.6) is 0 Å². The molecule has 0 amide bonds. The summed E-state index contributed by atoms with van der Waals surface area (Å²) in [5.41, 5.74) is 0. The fourth-order valence-corrected chi connectivity index (χ4v) is 6.03. The van der Waals surface area contributed by atoms with Crippen molar-refractivity contribution in [2.75, 3.05) is 0 Å². The third kappa shape index (κ3) is 33.4. The van der Waals surface area contributed by atoms with Crippen molar-refractivity contribution in [2.45, 2.75) is 232 Å². The molecule has 0 bridgehead atoms. The van der Waals surface area contributed by atoms with Gasteiger partial charge in [0.05, 0.1) is 6.42 Å². The number of aliphatic carboxylic acids is 1. The Kier molecular flexibility index (Phi) is 33.6. The monoisotopic (exact) mass is 595 g/mol. The number of hydrogen-bond acceptors (Lipinski definition) is 3. The van der Waals surface area contributed by atoms with E-state index < -0.39 is 12.1 Å². The lowest BCUT2D eigenvalue weighted by molar-refractivity contribution is -0.153. The summed E-state index contributed by atoms with van der Waals surface area (Å²) in [6.45, 7) is 4.55. The lowest BCUT2D eigenvalue weighted by Gasteiger charge is -2.16. The van der Waals surface area contributed by atoms with Gasteiger partial charge in [-0.15, -0.1) is 0 Å². The summed E-state index contributed by atoms with van der Waals surface area (Å²) in [6, 6.07) is 0. The van der Waals surface area contributed by atoms with Crippen molar-refractivity contribution in [2.24, 2.45) is 0 Å². The molecular weight excluding hydrogens is 520 g/mol. The third-order valence-corrected chi connectivity index (χ3v) is 8.81. The highest BCUT2D eigenvalue weighted by atomic mass is 16.5. The predicted molar refractivity (Wildman–Crippen MR) is 181 cm³/mol. The molecule has 0 rings (SSSR count). The first-order valence-corrected chi connectivity index (χ1v) is 19.0. The summed E-state index contributed by atoms with van der Waals surface area (Å²) >= 11 is 0. The summed E-state index contributed by atoms with van der Waals surface area (Å²) in [6.07, 6.45) is 39.8. The largest absolute Gasteiger partial charge is 0.481 e. The first kappa shape index (κ1) is 40.9. The minimum absolute atomic E-state index is 0.0663. The van der Waals surface area contributed by atoms with Crippen LogP contribution in [0.25, 0.3) is 0 Å². The Hall–Kier alpha value is -1.06. The lowest BCUT2D eigenvalue weighted by atomic mass is 10.0. The zero-order valence-corrected chi connectivity index (χ0v) is 28.6. The summed E-state index contributed by atoms with van der Waals surface area (Å²) in [4.78, 5) is 23.6. The number of esters is 1. The van der Waals surface area contributed by atoms with Crippen LogP contribution in [0, 0.1) is 0 Å². The van der Waals surface area contributed by atoms with Gasteiger partial charge in [0.25, 0.3) is 0 Å². The quantitative estimate of drug-likeness (QED) is 0.0585. The Morgan fingerprint density at radius 1 is 0.452 bits per heavy atom. The van der Waals surface area contributed by atoms with E-state index in [4.69, 9.17) is 4.74 Å². The first-order chi connectivity index (χ1) is 20.6. The Morgan fingerprint density at radius 2 is 0.738 bits per heavy atom. The number of carbonyl (C=O) groups is 2. The first-order valence-electron chi connectivity index (χ1n) is 19.0. The van der Waals surface area contributed by atoms with Crippen LogP contribution in [0.3, 0.4) is 0 Å². The maximum atomic E-state index is 12.3. The van der Waals surface area contributed by atoms with Crippen LogP contribution < -0.4 is 0 Å². The second kappa shape index (κ2) is 34.4. The zero-order chi connectivity index (χ0) is 30.8. The van der Waals surface area contributed by atoms with Crippen molar-refractivity contribution in [3.05, 3.63) is 0 Å². The van der Waals surface area contributed by atoms with Gasteiger partial charge in [0.2, 0.25) is 0 Å². The predicted octanol–water partition coefficient (Wildman–Crippen LogP) is 12.9. The van der Waals surface area contributed by atoms with Crippen molar-refractivity contribution >= 4 is 11.9 Å². The lowest BCUT2D eigenvalue weighted by Crippen LogP contribution is -2.21. The van der Waals surface area contributed by atoms with Crippen LogP contribution in [0.15, 0.2) is 0 Å². The highest BCUT2D eigenvalue weighted by Crippen LogP contribution is 2.17. The van der Waals surface area contributed by atoms with E-state index in [1.54, 1.807) is 0 Å². The molecule has 42 heavy (non-hydrogen) atoms. The van der Waals surface area contributed by atoms with Gasteiger partial charge in [0.15, 0.2) is 0 Å². The molecule has 0 saturated heterocycles. The summed E-state index contributed by atoms with van der Waals surface area (Å²) < 4.78 is 5.58. The Balaban J connectivity index is 3.60. The van der Waals surface area contributed by atoms with E-state index in [-0.39, 0.29) is 12.4 Å². The van der Waals surface area contributed by atoms with Crippen molar-refractivity contribution < 1.29 is 19.4 Å². The van der Waals surface area contributed by atoms with E-state index in [0.717, 1.165) is 25.7 Å². The van der Waals surface area contributed by atoms with Crippen LogP contribution in [-0.4, -0.2) is 23.1 Å². The molecule has 0 aromatic carbocycles. The molecule has 4 heteroatoms. The number of unbranched alkanes of at least 4 members (excludes halogenated alkanes) is 28. The number of hydrogen-bond donors (Lipinski definition) is 1. The second-order valence-electron chi connectivity index (χ2n) is 13.1. The molecule has 0 aromatic rings. The molecule has 4 nitrogen and oxygen atoms in total. The Morgan fingerprint density at radius 3 is 1.05 bits per heavy atom. The number of ether oxygens (including phenoxy) is 1. The van der Waals surface area contributed by atoms with Crippen molar-refractivity contribution in [3.63, 3.8) is 0 Å². The van der Waals surface area contributed by atoms with Gasteiger partial charge in [0, 0.05) is 6.42 Å². The summed E-state index contributed by atoms with van der Waals surface area (Å²) in [5.74, 6) is -1.09. The van der Waals surface area contributed by atoms with E-state index in [2.05, 4.69) is 13.8 Å². The summed E-state index contributed by atoms with van der Waals surface area (Å²) in [5, 5.41) is 9.25. The van der Waals surface area contributed by atoms with E-state index in [0.29, 0.717) is 12.8 Å². The number of rotatable bonds is 35. The molecule has 0 heterocycles. The maximum absolute atomic E-state index is 12.3. The van der Waals surface area contributed by atoms with Crippen LogP contribution >= 0.6 is 0 Å². The van der Waals surface area contributed by atoms with Gasteiger partial charge in [-0.25, -0.2) is 0 Å².